The van der Waals surface area contributed by atoms with Crippen molar-refractivity contribution in [3.05, 3.63) is 29.7 Å². The highest BCUT2D eigenvalue weighted by Gasteiger charge is 2.14. The first-order valence-electron chi connectivity index (χ1n) is 5.75. The molecule has 0 spiro atoms. The molecular formula is C13H12N4O3. The molecule has 0 fully saturated rings. The lowest BCUT2D eigenvalue weighted by Crippen LogP contribution is -2.21. The van der Waals surface area contributed by atoms with Crippen molar-refractivity contribution in [2.24, 2.45) is 5.16 Å². The first-order chi connectivity index (χ1) is 9.51. The molecule has 0 N–H and O–H groups in total. The van der Waals surface area contributed by atoms with Gasteiger partial charge in [-0.15, -0.1) is 0 Å². The van der Waals surface area contributed by atoms with Gasteiger partial charge in [-0.2, -0.15) is 5.26 Å². The zero-order chi connectivity index (χ0) is 14.7. The number of aryl methyl sites for hydroxylation is 1. The molecule has 0 unspecified atom stereocenters. The Morgan fingerprint density at radius 2 is 2.25 bits per heavy atom. The second-order valence-electron chi connectivity index (χ2n) is 4.29. The second kappa shape index (κ2) is 5.40. The molecule has 0 aliphatic heterocycles. The predicted octanol–water partition coefficient (Wildman–Crippen LogP) is 2.06. The Balaban J connectivity index is 2.32. The van der Waals surface area contributed by atoms with Crippen molar-refractivity contribution in [2.45, 2.75) is 6.92 Å². The lowest BCUT2D eigenvalue weighted by Gasteiger charge is -2.05. The van der Waals surface area contributed by atoms with Crippen LogP contribution < -0.4 is 0 Å². The molecule has 1 aromatic heterocycles. The summed E-state index contributed by atoms with van der Waals surface area (Å²) in [5.41, 5.74) is 1.97. The van der Waals surface area contributed by atoms with Gasteiger partial charge < -0.3 is 9.32 Å². The molecule has 2 aromatic rings. The van der Waals surface area contributed by atoms with E-state index >= 15 is 0 Å². The summed E-state index contributed by atoms with van der Waals surface area (Å²) >= 11 is 0. The monoisotopic (exact) mass is 272 g/mol. The number of oxime groups is 1. The minimum Gasteiger partial charge on any atom is -0.434 e. The number of oxazole rings is 1. The van der Waals surface area contributed by atoms with Crippen molar-refractivity contribution < 1.29 is 14.0 Å². The molecule has 1 aromatic carbocycles. The van der Waals surface area contributed by atoms with E-state index in [1.165, 1.54) is 19.0 Å². The van der Waals surface area contributed by atoms with Crippen LogP contribution >= 0.6 is 0 Å². The highest BCUT2D eigenvalue weighted by atomic mass is 16.7. The first kappa shape index (κ1) is 13.5. The van der Waals surface area contributed by atoms with Crippen LogP contribution in [-0.2, 0) is 4.84 Å². The van der Waals surface area contributed by atoms with Gasteiger partial charge in [0.1, 0.15) is 11.6 Å². The van der Waals surface area contributed by atoms with Gasteiger partial charge in [-0.3, -0.25) is 4.84 Å². The maximum atomic E-state index is 11.2. The molecule has 0 bridgehead atoms. The Morgan fingerprint density at radius 3 is 2.90 bits per heavy atom. The maximum absolute atomic E-state index is 11.2. The molecule has 0 saturated heterocycles. The number of fused-ring (bicyclic) bond motifs is 1. The van der Waals surface area contributed by atoms with Gasteiger partial charge in [-0.05, 0) is 24.6 Å². The zero-order valence-electron chi connectivity index (χ0n) is 11.2. The van der Waals surface area contributed by atoms with Crippen LogP contribution in [0.4, 0.5) is 4.79 Å². The average molecular weight is 272 g/mol. The smallest absolute Gasteiger partial charge is 0.434 e. The number of carbonyl (C=O) groups is 1. The second-order valence-corrected chi connectivity index (χ2v) is 4.29. The van der Waals surface area contributed by atoms with Gasteiger partial charge >= 0.3 is 6.09 Å². The lowest BCUT2D eigenvalue weighted by molar-refractivity contribution is 0.122. The number of amides is 1. The van der Waals surface area contributed by atoms with Crippen molar-refractivity contribution in [3.8, 4) is 6.07 Å². The van der Waals surface area contributed by atoms with E-state index in [-0.39, 0.29) is 11.6 Å². The fraction of sp³-hybridized carbons (Fsp3) is 0.231. The molecule has 7 heteroatoms. The summed E-state index contributed by atoms with van der Waals surface area (Å²) in [5, 5.41) is 12.5. The third-order valence-electron chi connectivity index (χ3n) is 2.43. The molecule has 0 saturated carbocycles. The maximum Gasteiger partial charge on any atom is 0.435 e. The highest BCUT2D eigenvalue weighted by molar-refractivity contribution is 6.09. The largest absolute Gasteiger partial charge is 0.435 e. The summed E-state index contributed by atoms with van der Waals surface area (Å²) in [5.74, 6) is 0.0136. The van der Waals surface area contributed by atoms with E-state index in [2.05, 4.69) is 15.0 Å². The van der Waals surface area contributed by atoms with E-state index < -0.39 is 6.09 Å². The lowest BCUT2D eigenvalue weighted by atomic mass is 10.2. The normalized spacial score (nSPS) is 11.2. The van der Waals surface area contributed by atoms with Crippen molar-refractivity contribution in [1.82, 2.24) is 9.88 Å². The molecule has 7 nitrogen and oxygen atoms in total. The van der Waals surface area contributed by atoms with Crippen LogP contribution in [0.5, 0.6) is 0 Å². The van der Waals surface area contributed by atoms with E-state index in [0.29, 0.717) is 11.1 Å². The van der Waals surface area contributed by atoms with E-state index in [1.54, 1.807) is 12.1 Å². The van der Waals surface area contributed by atoms with Gasteiger partial charge in [0.05, 0.1) is 0 Å². The van der Waals surface area contributed by atoms with Gasteiger partial charge in [0.25, 0.3) is 5.89 Å². The molecule has 0 aliphatic rings. The van der Waals surface area contributed by atoms with Crippen molar-refractivity contribution in [2.75, 3.05) is 14.1 Å². The van der Waals surface area contributed by atoms with Crippen LogP contribution in [0.2, 0.25) is 0 Å². The zero-order valence-corrected chi connectivity index (χ0v) is 11.2. The Kier molecular flexibility index (Phi) is 3.66. The molecule has 20 heavy (non-hydrogen) atoms. The number of rotatable bonds is 2. The predicted molar refractivity (Wildman–Crippen MR) is 71.1 cm³/mol. The standard InChI is InChI=1S/C13H12N4O3/c1-8-4-5-11-9(6-8)15-12(19-11)10(7-14)16-20-13(18)17(2)3/h4-6H,1-3H3/b16-10+. The topological polar surface area (TPSA) is 91.7 Å². The molecule has 102 valence electrons. The molecule has 2 rings (SSSR count). The number of benzene rings is 1. The summed E-state index contributed by atoms with van der Waals surface area (Å²) in [4.78, 5) is 21.2. The molecular weight excluding hydrogens is 260 g/mol. The third kappa shape index (κ3) is 2.75. The van der Waals surface area contributed by atoms with E-state index in [4.69, 9.17) is 9.68 Å². The van der Waals surface area contributed by atoms with E-state index in [1.807, 2.05) is 19.1 Å². The number of hydrogen-bond donors (Lipinski definition) is 0. The number of hydrogen-bond acceptors (Lipinski definition) is 6. The van der Waals surface area contributed by atoms with Crippen molar-refractivity contribution in [3.63, 3.8) is 0 Å². The summed E-state index contributed by atoms with van der Waals surface area (Å²) in [7, 11) is 3.01. The summed E-state index contributed by atoms with van der Waals surface area (Å²) in [6, 6.07) is 7.23. The number of nitriles is 1. The van der Waals surface area contributed by atoms with Crippen LogP contribution in [-0.4, -0.2) is 35.8 Å². The number of carbonyl (C=O) groups excluding carboxylic acids is 1. The van der Waals surface area contributed by atoms with Crippen LogP contribution in [0.15, 0.2) is 27.8 Å². The fourth-order valence-electron chi connectivity index (χ4n) is 1.41. The molecule has 0 atom stereocenters. The molecule has 1 amide bonds. The van der Waals surface area contributed by atoms with Gasteiger partial charge in [-0.1, -0.05) is 11.2 Å². The molecule has 1 heterocycles. The highest BCUT2D eigenvalue weighted by Crippen LogP contribution is 2.17. The Hall–Kier alpha value is -2.88. The third-order valence-corrected chi connectivity index (χ3v) is 2.43. The van der Waals surface area contributed by atoms with E-state index in [9.17, 15) is 4.79 Å². The SMILES string of the molecule is Cc1ccc2oc(/C(C#N)=N/OC(=O)N(C)C)nc2c1. The van der Waals surface area contributed by atoms with Gasteiger partial charge in [-0.25, -0.2) is 9.78 Å². The van der Waals surface area contributed by atoms with Gasteiger partial charge in [0.2, 0.25) is 5.71 Å². The van der Waals surface area contributed by atoms with Crippen LogP contribution in [0.25, 0.3) is 11.1 Å². The van der Waals surface area contributed by atoms with E-state index in [0.717, 1.165) is 5.56 Å². The van der Waals surface area contributed by atoms with Crippen LogP contribution in [0.1, 0.15) is 11.5 Å². The summed E-state index contributed by atoms with van der Waals surface area (Å²) in [6.45, 7) is 1.92. The molecule has 0 aliphatic carbocycles. The Bertz CT molecular complexity index is 725. The molecule has 0 radical (unpaired) electrons. The van der Waals surface area contributed by atoms with Gasteiger partial charge in [0.15, 0.2) is 5.58 Å². The first-order valence-corrected chi connectivity index (χ1v) is 5.75. The quantitative estimate of drug-likeness (QED) is 0.474. The summed E-state index contributed by atoms with van der Waals surface area (Å²) < 4.78 is 5.40. The average Bonchev–Trinajstić information content (AvgIpc) is 2.81. The van der Waals surface area contributed by atoms with Crippen LogP contribution in [0.3, 0.4) is 0 Å². The minimum absolute atomic E-state index is 0.0136. The minimum atomic E-state index is -0.690. The number of aromatic nitrogens is 1. The Morgan fingerprint density at radius 1 is 1.50 bits per heavy atom. The fourth-order valence-corrected chi connectivity index (χ4v) is 1.41. The Labute approximate surface area is 115 Å². The van der Waals surface area contributed by atoms with Crippen LogP contribution in [0, 0.1) is 18.3 Å². The number of nitrogens with zero attached hydrogens (tertiary/aromatic N) is 4. The van der Waals surface area contributed by atoms with Gasteiger partial charge in [0, 0.05) is 14.1 Å². The van der Waals surface area contributed by atoms with Crippen molar-refractivity contribution >= 4 is 22.9 Å². The summed E-state index contributed by atoms with van der Waals surface area (Å²) in [6.07, 6.45) is -0.690. The van der Waals surface area contributed by atoms with Crippen molar-refractivity contribution in [1.29, 1.82) is 5.26 Å².